The fourth-order valence-corrected chi connectivity index (χ4v) is 3.02. The molecule has 0 spiro atoms. The van der Waals surface area contributed by atoms with Crippen LogP contribution in [0.1, 0.15) is 36.2 Å². The van der Waals surface area contributed by atoms with E-state index >= 15 is 0 Å². The third-order valence-electron chi connectivity index (χ3n) is 4.85. The van der Waals surface area contributed by atoms with Crippen molar-refractivity contribution in [2.24, 2.45) is 5.92 Å². The molecule has 0 bridgehead atoms. The van der Waals surface area contributed by atoms with E-state index in [1.54, 1.807) is 26.2 Å². The Bertz CT molecular complexity index is 918. The molecule has 2 N–H and O–H groups in total. The van der Waals surface area contributed by atoms with E-state index < -0.39 is 18.0 Å². The third-order valence-corrected chi connectivity index (χ3v) is 5.18. The summed E-state index contributed by atoms with van der Waals surface area (Å²) in [5.74, 6) is -0.821. The molecule has 0 aromatic heterocycles. The van der Waals surface area contributed by atoms with E-state index in [2.05, 4.69) is 10.6 Å². The molecule has 2 aromatic rings. The second-order valence-electron chi connectivity index (χ2n) is 7.45. The van der Waals surface area contributed by atoms with E-state index in [0.29, 0.717) is 12.1 Å². The molecule has 0 fully saturated rings. The zero-order valence-corrected chi connectivity index (χ0v) is 18.9. The molecule has 0 radical (unpaired) electrons. The van der Waals surface area contributed by atoms with Gasteiger partial charge in [0.1, 0.15) is 12.6 Å². The number of nitrogens with zero attached hydrogens (tertiary/aromatic N) is 1. The molecule has 0 aliphatic rings. The minimum atomic E-state index is -0.808. The first kappa shape index (κ1) is 24.2. The van der Waals surface area contributed by atoms with Gasteiger partial charge in [-0.05, 0) is 29.7 Å². The van der Waals surface area contributed by atoms with Gasteiger partial charge in [0.15, 0.2) is 0 Å². The van der Waals surface area contributed by atoms with Crippen LogP contribution in [0.3, 0.4) is 0 Å². The molecule has 2 rings (SSSR count). The van der Waals surface area contributed by atoms with Gasteiger partial charge in [0.25, 0.3) is 5.91 Å². The summed E-state index contributed by atoms with van der Waals surface area (Å²) < 4.78 is 5.25. The van der Waals surface area contributed by atoms with Crippen molar-refractivity contribution < 1.29 is 19.1 Å². The van der Waals surface area contributed by atoms with Crippen LogP contribution in [0.5, 0.6) is 0 Å². The van der Waals surface area contributed by atoms with Gasteiger partial charge < -0.3 is 20.3 Å². The molecule has 0 heterocycles. The molecule has 0 saturated heterocycles. The normalized spacial score (nSPS) is 12.4. The summed E-state index contributed by atoms with van der Waals surface area (Å²) in [6, 6.07) is 13.1. The number of alkyl carbamates (subject to hydrolysis) is 1. The number of rotatable bonds is 8. The van der Waals surface area contributed by atoms with Crippen molar-refractivity contribution in [1.29, 1.82) is 0 Å². The number of anilines is 1. The number of carbonyl (C=O) groups excluding carboxylic acids is 3. The first-order chi connectivity index (χ1) is 14.7. The minimum Gasteiger partial charge on any atom is -0.445 e. The van der Waals surface area contributed by atoms with Crippen molar-refractivity contribution >= 4 is 35.2 Å². The number of benzene rings is 2. The van der Waals surface area contributed by atoms with E-state index in [-0.39, 0.29) is 29.0 Å². The first-order valence-corrected chi connectivity index (χ1v) is 10.4. The highest BCUT2D eigenvalue weighted by atomic mass is 35.5. The van der Waals surface area contributed by atoms with E-state index in [0.717, 1.165) is 5.56 Å². The Morgan fingerprint density at radius 2 is 1.77 bits per heavy atom. The Morgan fingerprint density at radius 1 is 1.10 bits per heavy atom. The number of hydrogen-bond donors (Lipinski definition) is 2. The Labute approximate surface area is 187 Å². The quantitative estimate of drug-likeness (QED) is 0.633. The van der Waals surface area contributed by atoms with Crippen molar-refractivity contribution in [3.63, 3.8) is 0 Å². The molecule has 31 heavy (non-hydrogen) atoms. The lowest BCUT2D eigenvalue weighted by molar-refractivity contribution is -0.119. The van der Waals surface area contributed by atoms with Crippen LogP contribution in [-0.2, 0) is 16.1 Å². The standard InChI is InChI=1S/C23H28ClN3O4/c1-5-15(2)20(26-23(30)31-14-16-9-7-6-8-10-16)21(28)25-17-11-12-19(24)18(13-17)22(29)27(3)4/h6-13,15,20H,5,14H2,1-4H3,(H,25,28)(H,26,30)/t15-,20-/m0/s1. The van der Waals surface area contributed by atoms with Crippen LogP contribution < -0.4 is 10.6 Å². The van der Waals surface area contributed by atoms with E-state index in [1.165, 1.54) is 11.0 Å². The molecule has 0 aliphatic carbocycles. The number of amides is 3. The highest BCUT2D eigenvalue weighted by Crippen LogP contribution is 2.22. The number of hydrogen-bond acceptors (Lipinski definition) is 4. The SMILES string of the molecule is CC[C@H](C)[C@H](NC(=O)OCc1ccccc1)C(=O)Nc1ccc(Cl)c(C(=O)N(C)C)c1. The van der Waals surface area contributed by atoms with E-state index in [4.69, 9.17) is 16.3 Å². The zero-order valence-electron chi connectivity index (χ0n) is 18.1. The molecular weight excluding hydrogens is 418 g/mol. The Kier molecular flexibility index (Phi) is 8.88. The average Bonchev–Trinajstić information content (AvgIpc) is 2.76. The van der Waals surface area contributed by atoms with Crippen LogP contribution in [0.25, 0.3) is 0 Å². The molecular formula is C23H28ClN3O4. The van der Waals surface area contributed by atoms with Gasteiger partial charge in [-0.3, -0.25) is 9.59 Å². The van der Waals surface area contributed by atoms with Gasteiger partial charge in [0.2, 0.25) is 5.91 Å². The second kappa shape index (κ2) is 11.4. The van der Waals surface area contributed by atoms with Crippen LogP contribution in [0.15, 0.2) is 48.5 Å². The van der Waals surface area contributed by atoms with Gasteiger partial charge in [-0.15, -0.1) is 0 Å². The predicted octanol–water partition coefficient (Wildman–Crippen LogP) is 4.32. The molecule has 3 amide bonds. The summed E-state index contributed by atoms with van der Waals surface area (Å²) >= 11 is 6.13. The molecule has 0 saturated carbocycles. The van der Waals surface area contributed by atoms with Crippen LogP contribution in [-0.4, -0.2) is 42.9 Å². The van der Waals surface area contributed by atoms with Crippen molar-refractivity contribution in [2.75, 3.05) is 19.4 Å². The van der Waals surface area contributed by atoms with Crippen LogP contribution in [0, 0.1) is 5.92 Å². The van der Waals surface area contributed by atoms with Gasteiger partial charge in [-0.1, -0.05) is 62.2 Å². The zero-order chi connectivity index (χ0) is 23.0. The van der Waals surface area contributed by atoms with Crippen LogP contribution >= 0.6 is 11.6 Å². The first-order valence-electron chi connectivity index (χ1n) is 10.0. The highest BCUT2D eigenvalue weighted by Gasteiger charge is 2.27. The van der Waals surface area contributed by atoms with E-state index in [9.17, 15) is 14.4 Å². The third kappa shape index (κ3) is 7.00. The molecule has 2 atom stereocenters. The summed E-state index contributed by atoms with van der Waals surface area (Å²) in [6.07, 6.45) is -0.00827. The number of ether oxygens (including phenoxy) is 1. The van der Waals surface area contributed by atoms with Gasteiger partial charge in [-0.2, -0.15) is 0 Å². The maximum Gasteiger partial charge on any atom is 0.408 e. The Balaban J connectivity index is 2.08. The lowest BCUT2D eigenvalue weighted by Gasteiger charge is -2.23. The van der Waals surface area contributed by atoms with Crippen molar-refractivity contribution in [1.82, 2.24) is 10.2 Å². The van der Waals surface area contributed by atoms with E-state index in [1.807, 2.05) is 44.2 Å². The van der Waals surface area contributed by atoms with Gasteiger partial charge in [0.05, 0.1) is 10.6 Å². The lowest BCUT2D eigenvalue weighted by atomic mass is 9.98. The van der Waals surface area contributed by atoms with Crippen LogP contribution in [0.2, 0.25) is 5.02 Å². The second-order valence-corrected chi connectivity index (χ2v) is 7.86. The molecule has 166 valence electrons. The fraction of sp³-hybridized carbons (Fsp3) is 0.348. The molecule has 0 unspecified atom stereocenters. The highest BCUT2D eigenvalue weighted by molar-refractivity contribution is 6.34. The Morgan fingerprint density at radius 3 is 2.39 bits per heavy atom. The monoisotopic (exact) mass is 445 g/mol. The van der Waals surface area contributed by atoms with Gasteiger partial charge in [-0.25, -0.2) is 4.79 Å². The summed E-state index contributed by atoms with van der Waals surface area (Å²) in [5, 5.41) is 5.70. The fourth-order valence-electron chi connectivity index (χ4n) is 2.82. The predicted molar refractivity (Wildman–Crippen MR) is 121 cm³/mol. The minimum absolute atomic E-state index is 0.106. The van der Waals surface area contributed by atoms with Crippen molar-refractivity contribution in [3.8, 4) is 0 Å². The maximum absolute atomic E-state index is 12.9. The van der Waals surface area contributed by atoms with Crippen molar-refractivity contribution in [2.45, 2.75) is 32.9 Å². The lowest BCUT2D eigenvalue weighted by Crippen LogP contribution is -2.47. The maximum atomic E-state index is 12.9. The molecule has 7 nitrogen and oxygen atoms in total. The summed E-state index contributed by atoms with van der Waals surface area (Å²) in [7, 11) is 3.24. The van der Waals surface area contributed by atoms with Gasteiger partial charge in [0, 0.05) is 19.8 Å². The van der Waals surface area contributed by atoms with Gasteiger partial charge >= 0.3 is 6.09 Å². The number of nitrogens with one attached hydrogen (secondary N) is 2. The average molecular weight is 446 g/mol. The molecule has 2 aromatic carbocycles. The Hall–Kier alpha value is -3.06. The summed E-state index contributed by atoms with van der Waals surface area (Å²) in [4.78, 5) is 38.9. The summed E-state index contributed by atoms with van der Waals surface area (Å²) in [6.45, 7) is 3.90. The summed E-state index contributed by atoms with van der Waals surface area (Å²) in [5.41, 5.74) is 1.54. The largest absolute Gasteiger partial charge is 0.445 e. The molecule has 8 heteroatoms. The smallest absolute Gasteiger partial charge is 0.408 e. The molecule has 0 aliphatic heterocycles. The van der Waals surface area contributed by atoms with Crippen LogP contribution in [0.4, 0.5) is 10.5 Å². The topological polar surface area (TPSA) is 87.7 Å². The number of carbonyl (C=O) groups is 3. The van der Waals surface area contributed by atoms with Crippen molar-refractivity contribution in [3.05, 3.63) is 64.7 Å². The number of halogens is 1.